The van der Waals surface area contributed by atoms with Crippen LogP contribution in [0.25, 0.3) is 0 Å². The van der Waals surface area contributed by atoms with Crippen molar-refractivity contribution in [2.24, 2.45) is 0 Å². The van der Waals surface area contributed by atoms with Crippen LogP contribution in [0.1, 0.15) is 11.5 Å². The van der Waals surface area contributed by atoms with E-state index in [0.717, 1.165) is 5.56 Å². The monoisotopic (exact) mass is 274 g/mol. The minimum absolute atomic E-state index is 0.0452. The van der Waals surface area contributed by atoms with E-state index in [-0.39, 0.29) is 30.0 Å². The van der Waals surface area contributed by atoms with Crippen molar-refractivity contribution in [3.05, 3.63) is 35.9 Å². The Balaban J connectivity index is 2.28. The molecule has 2 nitrogen and oxygen atoms in total. The van der Waals surface area contributed by atoms with Gasteiger partial charge < -0.3 is 5.32 Å². The molecular weight excluding hydrogens is 261 g/mol. The van der Waals surface area contributed by atoms with Crippen molar-refractivity contribution in [2.75, 3.05) is 18.8 Å². The zero-order chi connectivity index (χ0) is 13.4. The molecule has 0 fully saturated rings. The number of alkyl halides is 3. The highest BCUT2D eigenvalue weighted by Crippen LogP contribution is 2.29. The molecule has 1 atom stereocenters. The fraction of sp³-hybridized carbons (Fsp3) is 0.417. The second-order valence-corrected chi connectivity index (χ2v) is 4.75. The van der Waals surface area contributed by atoms with Gasteiger partial charge >= 0.3 is 5.51 Å². The molecule has 0 heterocycles. The zero-order valence-corrected chi connectivity index (χ0v) is 10.4. The van der Waals surface area contributed by atoms with Crippen molar-refractivity contribution < 1.29 is 13.2 Å². The summed E-state index contributed by atoms with van der Waals surface area (Å²) in [6.45, 7) is 0.591. The first-order valence-corrected chi connectivity index (χ1v) is 6.37. The Bertz CT molecular complexity index is 387. The maximum absolute atomic E-state index is 11.9. The summed E-state index contributed by atoms with van der Waals surface area (Å²) in [4.78, 5) is 0. The van der Waals surface area contributed by atoms with Crippen molar-refractivity contribution in [3.8, 4) is 6.07 Å². The molecular formula is C12H13F3N2S. The number of hydrogen-bond donors (Lipinski definition) is 1. The molecule has 0 aliphatic rings. The molecule has 0 saturated carbocycles. The maximum Gasteiger partial charge on any atom is 0.441 e. The molecule has 98 valence electrons. The van der Waals surface area contributed by atoms with Crippen LogP contribution in [0.2, 0.25) is 0 Å². The van der Waals surface area contributed by atoms with Crippen LogP contribution < -0.4 is 5.32 Å². The van der Waals surface area contributed by atoms with Gasteiger partial charge in [-0.25, -0.2) is 0 Å². The number of nitrogens with zero attached hydrogens (tertiary/aromatic N) is 1. The Labute approximate surface area is 108 Å². The molecule has 18 heavy (non-hydrogen) atoms. The van der Waals surface area contributed by atoms with Gasteiger partial charge in [-0.2, -0.15) is 18.4 Å². The predicted molar refractivity (Wildman–Crippen MR) is 66.2 cm³/mol. The van der Waals surface area contributed by atoms with Crippen molar-refractivity contribution in [3.63, 3.8) is 0 Å². The molecule has 1 rings (SSSR count). The third-order valence-corrected chi connectivity index (χ3v) is 2.99. The van der Waals surface area contributed by atoms with E-state index in [1.54, 1.807) is 0 Å². The summed E-state index contributed by atoms with van der Waals surface area (Å²) in [5, 5.41) is 11.9. The van der Waals surface area contributed by atoms with Gasteiger partial charge in [0.2, 0.25) is 0 Å². The summed E-state index contributed by atoms with van der Waals surface area (Å²) in [5.41, 5.74) is -3.31. The topological polar surface area (TPSA) is 35.8 Å². The van der Waals surface area contributed by atoms with Gasteiger partial charge in [0.15, 0.2) is 0 Å². The number of thioether (sulfide) groups is 1. The average Bonchev–Trinajstić information content (AvgIpc) is 2.33. The zero-order valence-electron chi connectivity index (χ0n) is 9.57. The quantitative estimate of drug-likeness (QED) is 0.809. The highest BCUT2D eigenvalue weighted by molar-refractivity contribution is 8.00. The molecule has 1 unspecified atom stereocenters. The Hall–Kier alpha value is -1.19. The number of nitriles is 1. The summed E-state index contributed by atoms with van der Waals surface area (Å²) in [7, 11) is 0. The highest BCUT2D eigenvalue weighted by Gasteiger charge is 2.27. The van der Waals surface area contributed by atoms with Crippen LogP contribution in [0.4, 0.5) is 13.2 Å². The first kappa shape index (κ1) is 14.9. The molecule has 0 spiro atoms. The van der Waals surface area contributed by atoms with E-state index >= 15 is 0 Å². The van der Waals surface area contributed by atoms with Gasteiger partial charge in [-0.15, -0.1) is 0 Å². The molecule has 0 aliphatic carbocycles. The molecule has 0 bridgehead atoms. The number of benzene rings is 1. The second kappa shape index (κ2) is 7.29. The molecule has 0 aliphatic heterocycles. The van der Waals surface area contributed by atoms with E-state index in [0.29, 0.717) is 6.54 Å². The van der Waals surface area contributed by atoms with Crippen LogP contribution in [-0.4, -0.2) is 24.4 Å². The lowest BCUT2D eigenvalue weighted by atomic mass is 10.0. The third kappa shape index (κ3) is 5.94. The van der Waals surface area contributed by atoms with Crippen LogP contribution in [0.3, 0.4) is 0 Å². The van der Waals surface area contributed by atoms with Gasteiger partial charge in [-0.1, -0.05) is 30.3 Å². The fourth-order valence-corrected chi connectivity index (χ4v) is 1.89. The van der Waals surface area contributed by atoms with E-state index in [1.165, 1.54) is 0 Å². The average molecular weight is 274 g/mol. The van der Waals surface area contributed by atoms with Gasteiger partial charge in [0.1, 0.15) is 0 Å². The van der Waals surface area contributed by atoms with Gasteiger partial charge in [0, 0.05) is 18.8 Å². The molecule has 0 radical (unpaired) electrons. The van der Waals surface area contributed by atoms with E-state index in [2.05, 4.69) is 11.4 Å². The second-order valence-electron chi connectivity index (χ2n) is 3.59. The lowest BCUT2D eigenvalue weighted by molar-refractivity contribution is -0.0327. The number of hydrogen-bond acceptors (Lipinski definition) is 3. The molecule has 1 aromatic rings. The van der Waals surface area contributed by atoms with Crippen LogP contribution in [0.15, 0.2) is 30.3 Å². The first-order chi connectivity index (χ1) is 8.53. The van der Waals surface area contributed by atoms with Gasteiger partial charge in [-0.3, -0.25) is 0 Å². The largest absolute Gasteiger partial charge is 0.441 e. The molecule has 1 N–H and O–H groups in total. The van der Waals surface area contributed by atoms with E-state index in [1.807, 2.05) is 30.3 Å². The summed E-state index contributed by atoms with van der Waals surface area (Å²) in [5.74, 6) is -0.377. The lowest BCUT2D eigenvalue weighted by Gasteiger charge is -2.11. The van der Waals surface area contributed by atoms with Crippen LogP contribution in [0, 0.1) is 11.3 Å². The minimum Gasteiger partial charge on any atom is -0.314 e. The minimum atomic E-state index is -4.18. The molecule has 0 saturated heterocycles. The van der Waals surface area contributed by atoms with Crippen LogP contribution >= 0.6 is 11.8 Å². The number of halogens is 3. The summed E-state index contributed by atoms with van der Waals surface area (Å²) < 4.78 is 35.6. The molecule has 0 amide bonds. The van der Waals surface area contributed by atoms with Crippen molar-refractivity contribution in [1.82, 2.24) is 5.32 Å². The standard InChI is InChI=1S/C12H13F3N2S/c13-12(14,15)18-7-6-17-9-11(8-16)10-4-2-1-3-5-10/h1-5,11,17H,6-7,9H2. The molecule has 6 heteroatoms. The maximum atomic E-state index is 11.9. The van der Waals surface area contributed by atoms with Gasteiger partial charge in [0.05, 0.1) is 12.0 Å². The van der Waals surface area contributed by atoms with Crippen LogP contribution in [0.5, 0.6) is 0 Å². The summed E-state index contributed by atoms with van der Waals surface area (Å²) in [6, 6.07) is 11.3. The summed E-state index contributed by atoms with van der Waals surface area (Å²) in [6.07, 6.45) is 0. The van der Waals surface area contributed by atoms with Gasteiger partial charge in [0.25, 0.3) is 0 Å². The fourth-order valence-electron chi connectivity index (χ4n) is 1.41. The van der Waals surface area contributed by atoms with Crippen molar-refractivity contribution >= 4 is 11.8 Å². The summed E-state index contributed by atoms with van der Waals surface area (Å²) >= 11 is -0.0568. The van der Waals surface area contributed by atoms with Crippen molar-refractivity contribution in [1.29, 1.82) is 5.26 Å². The number of rotatable bonds is 6. The third-order valence-electron chi connectivity index (χ3n) is 2.25. The van der Waals surface area contributed by atoms with Gasteiger partial charge in [-0.05, 0) is 17.3 Å². The molecule has 0 aromatic heterocycles. The van der Waals surface area contributed by atoms with E-state index in [4.69, 9.17) is 5.26 Å². The molecule has 1 aromatic carbocycles. The SMILES string of the molecule is N#CC(CNCCSC(F)(F)F)c1ccccc1. The predicted octanol–water partition coefficient (Wildman–Crippen LogP) is 3.14. The normalized spacial score (nSPS) is 13.0. The number of nitrogens with one attached hydrogen (secondary N) is 1. The highest BCUT2D eigenvalue weighted by atomic mass is 32.2. The Morgan fingerprint density at radius 3 is 2.50 bits per heavy atom. The Morgan fingerprint density at radius 1 is 1.28 bits per heavy atom. The Kier molecular flexibility index (Phi) is 6.02. The Morgan fingerprint density at radius 2 is 1.94 bits per heavy atom. The van der Waals surface area contributed by atoms with E-state index < -0.39 is 5.51 Å². The van der Waals surface area contributed by atoms with Crippen LogP contribution in [-0.2, 0) is 0 Å². The smallest absolute Gasteiger partial charge is 0.314 e. The van der Waals surface area contributed by atoms with E-state index in [9.17, 15) is 13.2 Å². The first-order valence-electron chi connectivity index (χ1n) is 5.39. The lowest BCUT2D eigenvalue weighted by Crippen LogP contribution is -2.24. The van der Waals surface area contributed by atoms with Crippen molar-refractivity contribution in [2.45, 2.75) is 11.4 Å².